The molecule has 1 saturated heterocycles. The molecule has 1 fully saturated rings. The molecule has 1 aliphatic rings. The molecule has 0 saturated carbocycles. The van der Waals surface area contributed by atoms with E-state index < -0.39 is 0 Å². The van der Waals surface area contributed by atoms with E-state index in [0.717, 1.165) is 24.6 Å². The Kier molecular flexibility index (Phi) is 2.14. The van der Waals surface area contributed by atoms with Crippen LogP contribution in [0, 0.1) is 12.8 Å². The number of hydrogen-bond donors (Lipinski definition) is 1. The summed E-state index contributed by atoms with van der Waals surface area (Å²) in [5.41, 5.74) is 1.07. The lowest BCUT2D eigenvalue weighted by Gasteiger charge is -2.38. The van der Waals surface area contributed by atoms with Crippen LogP contribution in [0.4, 0.5) is 5.95 Å². The van der Waals surface area contributed by atoms with Gasteiger partial charge in [0.25, 0.3) is 0 Å². The quantitative estimate of drug-likeness (QED) is 0.705. The number of anilines is 1. The zero-order valence-electron chi connectivity index (χ0n) is 7.64. The third kappa shape index (κ3) is 1.62. The SMILES string of the molecule is Cc1cnc(N2CC(CO)C2)nc1. The molecule has 0 aliphatic carbocycles. The maximum Gasteiger partial charge on any atom is 0.225 e. The highest BCUT2D eigenvalue weighted by Gasteiger charge is 2.27. The second-order valence-electron chi connectivity index (χ2n) is 3.51. The summed E-state index contributed by atoms with van der Waals surface area (Å²) in [6, 6.07) is 0. The van der Waals surface area contributed by atoms with Gasteiger partial charge in [-0.15, -0.1) is 0 Å². The maximum absolute atomic E-state index is 8.83. The van der Waals surface area contributed by atoms with E-state index in [-0.39, 0.29) is 6.61 Å². The molecule has 1 aliphatic heterocycles. The summed E-state index contributed by atoms with van der Waals surface area (Å²) in [7, 11) is 0. The summed E-state index contributed by atoms with van der Waals surface area (Å²) < 4.78 is 0. The van der Waals surface area contributed by atoms with Crippen molar-refractivity contribution in [3.63, 3.8) is 0 Å². The molecule has 0 bridgehead atoms. The Bertz CT molecular complexity index is 279. The highest BCUT2D eigenvalue weighted by Crippen LogP contribution is 2.19. The molecule has 70 valence electrons. The first kappa shape index (κ1) is 8.44. The Morgan fingerprint density at radius 1 is 1.46 bits per heavy atom. The highest BCUT2D eigenvalue weighted by molar-refractivity contribution is 5.33. The van der Waals surface area contributed by atoms with E-state index in [1.165, 1.54) is 0 Å². The van der Waals surface area contributed by atoms with Gasteiger partial charge >= 0.3 is 0 Å². The van der Waals surface area contributed by atoms with Crippen molar-refractivity contribution in [1.82, 2.24) is 9.97 Å². The number of aliphatic hydroxyl groups is 1. The number of hydrogen-bond acceptors (Lipinski definition) is 4. The van der Waals surface area contributed by atoms with Crippen LogP contribution in [0.3, 0.4) is 0 Å². The fraction of sp³-hybridized carbons (Fsp3) is 0.556. The molecule has 0 unspecified atom stereocenters. The van der Waals surface area contributed by atoms with E-state index in [0.29, 0.717) is 5.92 Å². The molecule has 2 rings (SSSR count). The average molecular weight is 179 g/mol. The standard InChI is InChI=1S/C9H13N3O/c1-7-2-10-9(11-3-7)12-4-8(5-12)6-13/h2-3,8,13H,4-6H2,1H3. The van der Waals surface area contributed by atoms with Crippen molar-refractivity contribution in [3.8, 4) is 0 Å². The number of aliphatic hydroxyl groups excluding tert-OH is 1. The topological polar surface area (TPSA) is 49.2 Å². The summed E-state index contributed by atoms with van der Waals surface area (Å²) in [5, 5.41) is 8.83. The molecule has 4 heteroatoms. The molecule has 0 atom stereocenters. The van der Waals surface area contributed by atoms with Gasteiger partial charge < -0.3 is 10.0 Å². The lowest BCUT2D eigenvalue weighted by molar-refractivity contribution is 0.199. The first-order valence-electron chi connectivity index (χ1n) is 4.44. The fourth-order valence-electron chi connectivity index (χ4n) is 1.40. The van der Waals surface area contributed by atoms with Crippen molar-refractivity contribution >= 4 is 5.95 Å². The minimum atomic E-state index is 0.266. The Morgan fingerprint density at radius 3 is 2.62 bits per heavy atom. The van der Waals surface area contributed by atoms with E-state index in [1.807, 2.05) is 19.3 Å². The molecule has 0 amide bonds. The third-order valence-corrected chi connectivity index (χ3v) is 2.27. The van der Waals surface area contributed by atoms with Gasteiger partial charge in [0.2, 0.25) is 5.95 Å². The Hall–Kier alpha value is -1.16. The van der Waals surface area contributed by atoms with Crippen LogP contribution in [0.15, 0.2) is 12.4 Å². The lowest BCUT2D eigenvalue weighted by Crippen LogP contribution is -2.49. The predicted octanol–water partition coefficient (Wildman–Crippen LogP) is 0.214. The van der Waals surface area contributed by atoms with Crippen molar-refractivity contribution in [2.45, 2.75) is 6.92 Å². The fourth-order valence-corrected chi connectivity index (χ4v) is 1.40. The van der Waals surface area contributed by atoms with E-state index in [4.69, 9.17) is 5.11 Å². The molecule has 0 radical (unpaired) electrons. The van der Waals surface area contributed by atoms with Gasteiger partial charge in [-0.25, -0.2) is 9.97 Å². The second kappa shape index (κ2) is 3.30. The monoisotopic (exact) mass is 179 g/mol. The minimum absolute atomic E-state index is 0.266. The molecule has 4 nitrogen and oxygen atoms in total. The molecule has 1 aromatic heterocycles. The number of rotatable bonds is 2. The Morgan fingerprint density at radius 2 is 2.08 bits per heavy atom. The number of aromatic nitrogens is 2. The van der Waals surface area contributed by atoms with Crippen LogP contribution in [0.25, 0.3) is 0 Å². The van der Waals surface area contributed by atoms with E-state index in [9.17, 15) is 0 Å². The first-order valence-corrected chi connectivity index (χ1v) is 4.44. The number of nitrogens with zero attached hydrogens (tertiary/aromatic N) is 3. The lowest BCUT2D eigenvalue weighted by atomic mass is 10.0. The predicted molar refractivity (Wildman–Crippen MR) is 49.6 cm³/mol. The minimum Gasteiger partial charge on any atom is -0.396 e. The first-order chi connectivity index (χ1) is 6.29. The summed E-state index contributed by atoms with van der Waals surface area (Å²) >= 11 is 0. The largest absolute Gasteiger partial charge is 0.396 e. The molecular formula is C9H13N3O. The van der Waals surface area contributed by atoms with Crippen molar-refractivity contribution < 1.29 is 5.11 Å². The van der Waals surface area contributed by atoms with Crippen LogP contribution in [-0.4, -0.2) is 34.8 Å². The molecule has 13 heavy (non-hydrogen) atoms. The molecule has 1 aromatic rings. The van der Waals surface area contributed by atoms with Crippen molar-refractivity contribution in [2.75, 3.05) is 24.6 Å². The Balaban J connectivity index is 1.99. The van der Waals surface area contributed by atoms with E-state index in [2.05, 4.69) is 14.9 Å². The zero-order valence-corrected chi connectivity index (χ0v) is 7.64. The molecule has 0 spiro atoms. The van der Waals surface area contributed by atoms with Gasteiger partial charge in [0.05, 0.1) is 0 Å². The summed E-state index contributed by atoms with van der Waals surface area (Å²) in [6.07, 6.45) is 3.63. The normalized spacial score (nSPS) is 17.2. The summed E-state index contributed by atoms with van der Waals surface area (Å²) in [6.45, 7) is 3.98. The van der Waals surface area contributed by atoms with Crippen molar-refractivity contribution in [1.29, 1.82) is 0 Å². The molecule has 1 N–H and O–H groups in total. The van der Waals surface area contributed by atoms with Gasteiger partial charge in [-0.3, -0.25) is 0 Å². The molecule has 0 aromatic carbocycles. The van der Waals surface area contributed by atoms with Crippen LogP contribution in [0.1, 0.15) is 5.56 Å². The van der Waals surface area contributed by atoms with Gasteiger partial charge in [-0.2, -0.15) is 0 Å². The number of aryl methyl sites for hydroxylation is 1. The van der Waals surface area contributed by atoms with Crippen LogP contribution >= 0.6 is 0 Å². The van der Waals surface area contributed by atoms with E-state index in [1.54, 1.807) is 0 Å². The van der Waals surface area contributed by atoms with Gasteiger partial charge in [0, 0.05) is 38.0 Å². The van der Waals surface area contributed by atoms with E-state index >= 15 is 0 Å². The van der Waals surface area contributed by atoms with Gasteiger partial charge in [0.1, 0.15) is 0 Å². The van der Waals surface area contributed by atoms with Crippen LogP contribution in [0.2, 0.25) is 0 Å². The van der Waals surface area contributed by atoms with Crippen LogP contribution < -0.4 is 4.90 Å². The van der Waals surface area contributed by atoms with Gasteiger partial charge in [-0.1, -0.05) is 0 Å². The third-order valence-electron chi connectivity index (χ3n) is 2.27. The second-order valence-corrected chi connectivity index (χ2v) is 3.51. The summed E-state index contributed by atoms with van der Waals surface area (Å²) in [4.78, 5) is 10.5. The maximum atomic E-state index is 8.83. The van der Waals surface area contributed by atoms with Gasteiger partial charge in [0.15, 0.2) is 0 Å². The Labute approximate surface area is 77.2 Å². The van der Waals surface area contributed by atoms with Crippen LogP contribution in [-0.2, 0) is 0 Å². The van der Waals surface area contributed by atoms with Crippen LogP contribution in [0.5, 0.6) is 0 Å². The average Bonchev–Trinajstić information content (AvgIpc) is 2.06. The van der Waals surface area contributed by atoms with Crippen molar-refractivity contribution in [3.05, 3.63) is 18.0 Å². The highest BCUT2D eigenvalue weighted by atomic mass is 16.3. The van der Waals surface area contributed by atoms with Crippen molar-refractivity contribution in [2.24, 2.45) is 5.92 Å². The smallest absolute Gasteiger partial charge is 0.225 e. The van der Waals surface area contributed by atoms with Gasteiger partial charge in [-0.05, 0) is 12.5 Å². The molecular weight excluding hydrogens is 166 g/mol. The zero-order chi connectivity index (χ0) is 9.26. The molecule has 2 heterocycles. The summed E-state index contributed by atoms with van der Waals surface area (Å²) in [5.74, 6) is 1.18.